The fourth-order valence-corrected chi connectivity index (χ4v) is 2.40. The fourth-order valence-electron chi connectivity index (χ4n) is 1.68. The van der Waals surface area contributed by atoms with Gasteiger partial charge < -0.3 is 10.1 Å². The summed E-state index contributed by atoms with van der Waals surface area (Å²) in [5, 5.41) is 5.12. The van der Waals surface area contributed by atoms with Crippen LogP contribution in [0, 0.1) is 5.92 Å². The van der Waals surface area contributed by atoms with Gasteiger partial charge in [0.15, 0.2) is 5.13 Å². The van der Waals surface area contributed by atoms with Crippen LogP contribution in [0.15, 0.2) is 5.38 Å². The number of nitrogens with zero attached hydrogens (tertiary/aromatic N) is 1. The van der Waals surface area contributed by atoms with Crippen LogP contribution in [0.1, 0.15) is 31.9 Å². The molecule has 5 nitrogen and oxygen atoms in total. The van der Waals surface area contributed by atoms with Gasteiger partial charge in [0.25, 0.3) is 0 Å². The summed E-state index contributed by atoms with van der Waals surface area (Å²) in [6, 6.07) is 0. The highest BCUT2D eigenvalue weighted by atomic mass is 32.1. The molecule has 1 N–H and O–H groups in total. The zero-order valence-electron chi connectivity index (χ0n) is 10.3. The number of hydrogen-bond donors (Lipinski definition) is 1. The first-order chi connectivity index (χ1) is 8.69. The maximum atomic E-state index is 11.7. The molecule has 1 heterocycles. The first-order valence-electron chi connectivity index (χ1n) is 6.10. The number of aromatic nitrogens is 1. The molecule has 18 heavy (non-hydrogen) atoms. The molecule has 0 aromatic carbocycles. The fraction of sp³-hybridized carbons (Fsp3) is 0.583. The van der Waals surface area contributed by atoms with Crippen molar-refractivity contribution in [1.29, 1.82) is 0 Å². The lowest BCUT2D eigenvalue weighted by Crippen LogP contribution is -2.27. The highest BCUT2D eigenvalue weighted by molar-refractivity contribution is 7.13. The number of amides is 1. The maximum Gasteiger partial charge on any atom is 0.311 e. The molecule has 1 fully saturated rings. The van der Waals surface area contributed by atoms with Gasteiger partial charge in [-0.2, -0.15) is 0 Å². The third-order valence-electron chi connectivity index (χ3n) is 2.89. The number of esters is 1. The Hall–Kier alpha value is -1.43. The quantitative estimate of drug-likeness (QED) is 0.829. The molecule has 1 amide bonds. The van der Waals surface area contributed by atoms with E-state index >= 15 is 0 Å². The third-order valence-corrected chi connectivity index (χ3v) is 3.70. The summed E-state index contributed by atoms with van der Waals surface area (Å²) in [5.41, 5.74) is 0.641. The zero-order chi connectivity index (χ0) is 13.0. The lowest BCUT2D eigenvalue weighted by Gasteiger charge is -2.23. The summed E-state index contributed by atoms with van der Waals surface area (Å²) in [5.74, 6) is -0.111. The van der Waals surface area contributed by atoms with Crippen LogP contribution >= 0.6 is 11.3 Å². The number of thiazole rings is 1. The Morgan fingerprint density at radius 1 is 1.56 bits per heavy atom. The van der Waals surface area contributed by atoms with Crippen molar-refractivity contribution in [2.45, 2.75) is 32.6 Å². The summed E-state index contributed by atoms with van der Waals surface area (Å²) in [4.78, 5) is 27.2. The molecule has 1 aromatic rings. The van der Waals surface area contributed by atoms with Crippen molar-refractivity contribution in [3.63, 3.8) is 0 Å². The Balaban J connectivity index is 1.85. The molecule has 0 unspecified atom stereocenters. The number of anilines is 1. The summed E-state index contributed by atoms with van der Waals surface area (Å²) in [6.45, 7) is 2.14. The van der Waals surface area contributed by atoms with Gasteiger partial charge in [0, 0.05) is 11.3 Å². The van der Waals surface area contributed by atoms with E-state index in [-0.39, 0.29) is 24.2 Å². The smallest absolute Gasteiger partial charge is 0.311 e. The number of ether oxygens (including phenoxy) is 1. The number of nitrogens with one attached hydrogen (secondary N) is 1. The van der Waals surface area contributed by atoms with Crippen molar-refractivity contribution in [3.05, 3.63) is 11.1 Å². The molecule has 1 saturated carbocycles. The number of carbonyl (C=O) groups excluding carboxylic acids is 2. The summed E-state index contributed by atoms with van der Waals surface area (Å²) < 4.78 is 4.84. The van der Waals surface area contributed by atoms with Crippen LogP contribution in [0.2, 0.25) is 0 Å². The van der Waals surface area contributed by atoms with E-state index in [1.165, 1.54) is 11.3 Å². The van der Waals surface area contributed by atoms with Crippen LogP contribution in [-0.4, -0.2) is 23.5 Å². The lowest BCUT2D eigenvalue weighted by atomic mass is 9.85. The molecule has 0 saturated heterocycles. The number of hydrogen-bond acceptors (Lipinski definition) is 5. The van der Waals surface area contributed by atoms with E-state index in [1.807, 2.05) is 0 Å². The molecule has 0 bridgehead atoms. The van der Waals surface area contributed by atoms with E-state index in [4.69, 9.17) is 4.74 Å². The predicted octanol–water partition coefficient (Wildman–Crippen LogP) is 1.99. The Morgan fingerprint density at radius 2 is 2.33 bits per heavy atom. The lowest BCUT2D eigenvalue weighted by molar-refractivity contribution is -0.142. The Morgan fingerprint density at radius 3 is 2.94 bits per heavy atom. The first kappa shape index (κ1) is 13.0. The van der Waals surface area contributed by atoms with Crippen LogP contribution in [0.4, 0.5) is 5.13 Å². The SMILES string of the molecule is CCOC(=O)Cc1csc(NC(=O)C2CCC2)n1. The topological polar surface area (TPSA) is 68.3 Å². The first-order valence-corrected chi connectivity index (χ1v) is 6.98. The van der Waals surface area contributed by atoms with Crippen LogP contribution < -0.4 is 5.32 Å². The zero-order valence-corrected chi connectivity index (χ0v) is 11.1. The van der Waals surface area contributed by atoms with Crippen LogP contribution in [-0.2, 0) is 20.7 Å². The highest BCUT2D eigenvalue weighted by Gasteiger charge is 2.25. The van der Waals surface area contributed by atoms with E-state index in [9.17, 15) is 9.59 Å². The standard InChI is InChI=1S/C12H16N2O3S/c1-2-17-10(15)6-9-7-18-12(13-9)14-11(16)8-4-3-5-8/h7-8H,2-6H2,1H3,(H,13,14,16). The monoisotopic (exact) mass is 268 g/mol. The average Bonchev–Trinajstić information content (AvgIpc) is 2.62. The van der Waals surface area contributed by atoms with Crippen molar-refractivity contribution < 1.29 is 14.3 Å². The summed E-state index contributed by atoms with van der Waals surface area (Å²) >= 11 is 1.34. The van der Waals surface area contributed by atoms with Gasteiger partial charge in [0.1, 0.15) is 0 Å². The average molecular weight is 268 g/mol. The Labute approximate surface area is 110 Å². The van der Waals surface area contributed by atoms with Crippen molar-refractivity contribution in [2.75, 3.05) is 11.9 Å². The van der Waals surface area contributed by atoms with Crippen molar-refractivity contribution in [3.8, 4) is 0 Å². The molecule has 1 aliphatic carbocycles. The minimum atomic E-state index is -0.292. The van der Waals surface area contributed by atoms with Crippen molar-refractivity contribution >= 4 is 28.3 Å². The minimum absolute atomic E-state index is 0.0401. The van der Waals surface area contributed by atoms with Gasteiger partial charge in [-0.15, -0.1) is 11.3 Å². The van der Waals surface area contributed by atoms with E-state index in [0.717, 1.165) is 19.3 Å². The molecular weight excluding hydrogens is 252 g/mol. The van der Waals surface area contributed by atoms with Crippen LogP contribution in [0.5, 0.6) is 0 Å². The minimum Gasteiger partial charge on any atom is -0.466 e. The molecular formula is C12H16N2O3S. The van der Waals surface area contributed by atoms with E-state index in [0.29, 0.717) is 17.4 Å². The van der Waals surface area contributed by atoms with Crippen molar-refractivity contribution in [1.82, 2.24) is 4.98 Å². The highest BCUT2D eigenvalue weighted by Crippen LogP contribution is 2.28. The summed E-state index contributed by atoms with van der Waals surface area (Å²) in [6.07, 6.45) is 3.22. The largest absolute Gasteiger partial charge is 0.466 e. The Kier molecular flexibility index (Phi) is 4.30. The van der Waals surface area contributed by atoms with Gasteiger partial charge in [-0.3, -0.25) is 9.59 Å². The second kappa shape index (κ2) is 5.95. The van der Waals surface area contributed by atoms with E-state index < -0.39 is 0 Å². The predicted molar refractivity (Wildman–Crippen MR) is 68.4 cm³/mol. The number of carbonyl (C=O) groups is 2. The molecule has 1 aromatic heterocycles. The summed E-state index contributed by atoms with van der Waals surface area (Å²) in [7, 11) is 0. The molecule has 0 radical (unpaired) electrons. The maximum absolute atomic E-state index is 11.7. The molecule has 98 valence electrons. The molecule has 6 heteroatoms. The van der Waals surface area contributed by atoms with Gasteiger partial charge in [-0.1, -0.05) is 6.42 Å². The second-order valence-electron chi connectivity index (χ2n) is 4.24. The van der Waals surface area contributed by atoms with Gasteiger partial charge >= 0.3 is 5.97 Å². The molecule has 1 aliphatic rings. The molecule has 0 aliphatic heterocycles. The molecule has 0 spiro atoms. The van der Waals surface area contributed by atoms with E-state index in [1.54, 1.807) is 12.3 Å². The molecule has 2 rings (SSSR count). The van der Waals surface area contributed by atoms with E-state index in [2.05, 4.69) is 10.3 Å². The third kappa shape index (κ3) is 3.29. The van der Waals surface area contributed by atoms with Gasteiger partial charge in [0.2, 0.25) is 5.91 Å². The second-order valence-corrected chi connectivity index (χ2v) is 5.10. The normalized spacial score (nSPS) is 14.9. The van der Waals surface area contributed by atoms with Crippen LogP contribution in [0.3, 0.4) is 0 Å². The van der Waals surface area contributed by atoms with Gasteiger partial charge in [0.05, 0.1) is 18.7 Å². The number of rotatable bonds is 5. The van der Waals surface area contributed by atoms with Crippen LogP contribution in [0.25, 0.3) is 0 Å². The Bertz CT molecular complexity index is 440. The van der Waals surface area contributed by atoms with Gasteiger partial charge in [-0.25, -0.2) is 4.98 Å². The van der Waals surface area contributed by atoms with Crippen molar-refractivity contribution in [2.24, 2.45) is 5.92 Å². The van der Waals surface area contributed by atoms with Gasteiger partial charge in [-0.05, 0) is 19.8 Å². The molecule has 0 atom stereocenters.